The second-order valence-corrected chi connectivity index (χ2v) is 6.96. The molecular formula is C22H27N3O2. The topological polar surface area (TPSA) is 52.7 Å². The Hall–Kier alpha value is -2.66. The molecule has 1 N–H and O–H groups in total. The zero-order valence-electron chi connectivity index (χ0n) is 16.1. The van der Waals surface area contributed by atoms with Gasteiger partial charge in [-0.2, -0.15) is 0 Å². The summed E-state index contributed by atoms with van der Waals surface area (Å²) in [6.45, 7) is 7.54. The third-order valence-corrected chi connectivity index (χ3v) is 5.02. The van der Waals surface area contributed by atoms with Crippen molar-refractivity contribution in [2.24, 2.45) is 0 Å². The normalized spacial score (nSPS) is 14.8. The molecule has 0 atom stereocenters. The van der Waals surface area contributed by atoms with Gasteiger partial charge < -0.3 is 10.2 Å². The molecule has 1 aliphatic heterocycles. The highest BCUT2D eigenvalue weighted by Gasteiger charge is 2.19. The summed E-state index contributed by atoms with van der Waals surface area (Å²) < 4.78 is 0. The number of hydrogen-bond acceptors (Lipinski definition) is 4. The molecule has 5 heteroatoms. The van der Waals surface area contributed by atoms with Gasteiger partial charge in [0.1, 0.15) is 0 Å². The highest BCUT2D eigenvalue weighted by molar-refractivity contribution is 5.94. The molecule has 27 heavy (non-hydrogen) atoms. The average Bonchev–Trinajstić information content (AvgIpc) is 2.69. The molecule has 1 amide bonds. The second-order valence-electron chi connectivity index (χ2n) is 6.96. The summed E-state index contributed by atoms with van der Waals surface area (Å²) in [7, 11) is 0. The van der Waals surface area contributed by atoms with Crippen molar-refractivity contribution in [3.8, 4) is 0 Å². The number of aryl methyl sites for hydroxylation is 1. The Balaban J connectivity index is 1.47. The van der Waals surface area contributed by atoms with E-state index in [0.717, 1.165) is 49.5 Å². The van der Waals surface area contributed by atoms with Gasteiger partial charge in [-0.3, -0.25) is 14.5 Å². The first-order valence-electron chi connectivity index (χ1n) is 9.52. The molecule has 1 fully saturated rings. The minimum absolute atomic E-state index is 0.0264. The molecule has 142 valence electrons. The van der Waals surface area contributed by atoms with E-state index in [4.69, 9.17) is 0 Å². The fraction of sp³-hybridized carbons (Fsp3) is 0.364. The zero-order valence-corrected chi connectivity index (χ0v) is 16.1. The van der Waals surface area contributed by atoms with Crippen LogP contribution in [0, 0.1) is 0 Å². The Morgan fingerprint density at radius 3 is 2.11 bits per heavy atom. The molecule has 0 bridgehead atoms. The number of nitrogens with one attached hydrogen (secondary N) is 1. The van der Waals surface area contributed by atoms with Gasteiger partial charge in [0.15, 0.2) is 5.78 Å². The van der Waals surface area contributed by atoms with Gasteiger partial charge in [0, 0.05) is 43.1 Å². The maximum atomic E-state index is 12.3. The van der Waals surface area contributed by atoms with E-state index >= 15 is 0 Å². The van der Waals surface area contributed by atoms with E-state index in [1.807, 2.05) is 48.5 Å². The quantitative estimate of drug-likeness (QED) is 0.799. The molecule has 0 unspecified atom stereocenters. The van der Waals surface area contributed by atoms with Crippen molar-refractivity contribution in [2.45, 2.75) is 20.3 Å². The monoisotopic (exact) mass is 365 g/mol. The van der Waals surface area contributed by atoms with E-state index in [1.54, 1.807) is 6.92 Å². The number of carbonyl (C=O) groups is 2. The number of carbonyl (C=O) groups excluding carboxylic acids is 2. The molecule has 0 aromatic heterocycles. The van der Waals surface area contributed by atoms with Crippen molar-refractivity contribution in [1.29, 1.82) is 0 Å². The molecule has 0 spiro atoms. The highest BCUT2D eigenvalue weighted by atomic mass is 16.2. The van der Waals surface area contributed by atoms with Crippen LogP contribution in [0.1, 0.15) is 29.8 Å². The first-order valence-corrected chi connectivity index (χ1v) is 9.52. The maximum absolute atomic E-state index is 12.3. The lowest BCUT2D eigenvalue weighted by Crippen LogP contribution is -2.48. The van der Waals surface area contributed by atoms with E-state index in [2.05, 4.69) is 22.0 Å². The van der Waals surface area contributed by atoms with Crippen molar-refractivity contribution in [3.63, 3.8) is 0 Å². The zero-order chi connectivity index (χ0) is 19.2. The number of amides is 1. The van der Waals surface area contributed by atoms with Gasteiger partial charge in [0.2, 0.25) is 5.91 Å². The number of piperazine rings is 1. The van der Waals surface area contributed by atoms with Gasteiger partial charge in [0.05, 0.1) is 6.54 Å². The molecule has 2 aromatic rings. The lowest BCUT2D eigenvalue weighted by atomic mass is 10.1. The molecule has 0 radical (unpaired) electrons. The van der Waals surface area contributed by atoms with E-state index < -0.39 is 0 Å². The largest absolute Gasteiger partial charge is 0.369 e. The highest BCUT2D eigenvalue weighted by Crippen LogP contribution is 2.18. The lowest BCUT2D eigenvalue weighted by molar-refractivity contribution is -0.117. The number of ketones is 1. The number of Topliss-reactive ketones (excluding diaryl/α,β-unsaturated/α-hetero) is 1. The molecule has 2 aromatic carbocycles. The fourth-order valence-corrected chi connectivity index (χ4v) is 3.30. The summed E-state index contributed by atoms with van der Waals surface area (Å²) in [6.07, 6.45) is 0.996. The summed E-state index contributed by atoms with van der Waals surface area (Å²) in [5.74, 6) is 0.111. The van der Waals surface area contributed by atoms with E-state index in [9.17, 15) is 9.59 Å². The van der Waals surface area contributed by atoms with Gasteiger partial charge in [-0.1, -0.05) is 19.1 Å². The Morgan fingerprint density at radius 2 is 1.56 bits per heavy atom. The van der Waals surface area contributed by atoms with E-state index in [1.165, 1.54) is 5.56 Å². The maximum Gasteiger partial charge on any atom is 0.238 e. The van der Waals surface area contributed by atoms with Crippen LogP contribution in [0.5, 0.6) is 0 Å². The van der Waals surface area contributed by atoms with Crippen LogP contribution in [-0.2, 0) is 11.2 Å². The predicted octanol–water partition coefficient (Wildman–Crippen LogP) is 3.21. The first kappa shape index (κ1) is 19.1. The molecular weight excluding hydrogens is 338 g/mol. The Kier molecular flexibility index (Phi) is 6.24. The molecule has 3 rings (SSSR count). The summed E-state index contributed by atoms with van der Waals surface area (Å²) >= 11 is 0. The smallest absolute Gasteiger partial charge is 0.238 e. The van der Waals surface area contributed by atoms with Crippen molar-refractivity contribution >= 4 is 23.1 Å². The molecule has 1 saturated heterocycles. The van der Waals surface area contributed by atoms with Gasteiger partial charge in [-0.05, 0) is 55.3 Å². The number of rotatable bonds is 6. The SMILES string of the molecule is CCc1ccc(NC(=O)CN2CCN(c3ccc(C(C)=O)cc3)CC2)cc1. The molecule has 0 saturated carbocycles. The summed E-state index contributed by atoms with van der Waals surface area (Å²) in [4.78, 5) is 28.1. The van der Waals surface area contributed by atoms with Crippen LogP contribution in [0.3, 0.4) is 0 Å². The van der Waals surface area contributed by atoms with Crippen molar-refractivity contribution in [3.05, 3.63) is 59.7 Å². The van der Waals surface area contributed by atoms with Crippen LogP contribution >= 0.6 is 0 Å². The lowest BCUT2D eigenvalue weighted by Gasteiger charge is -2.35. The Bertz CT molecular complexity index is 776. The summed E-state index contributed by atoms with van der Waals surface area (Å²) in [6, 6.07) is 15.8. The summed E-state index contributed by atoms with van der Waals surface area (Å²) in [5.41, 5.74) is 3.97. The van der Waals surface area contributed by atoms with Crippen molar-refractivity contribution in [2.75, 3.05) is 42.9 Å². The Labute approximate surface area is 161 Å². The minimum atomic E-state index is 0.0264. The van der Waals surface area contributed by atoms with Crippen molar-refractivity contribution < 1.29 is 9.59 Å². The van der Waals surface area contributed by atoms with Gasteiger partial charge in [-0.15, -0.1) is 0 Å². The van der Waals surface area contributed by atoms with Crippen LogP contribution in [0.15, 0.2) is 48.5 Å². The van der Waals surface area contributed by atoms with Crippen LogP contribution < -0.4 is 10.2 Å². The summed E-state index contributed by atoms with van der Waals surface area (Å²) in [5, 5.41) is 2.97. The number of hydrogen-bond donors (Lipinski definition) is 1. The van der Waals surface area contributed by atoms with Crippen LogP contribution in [0.4, 0.5) is 11.4 Å². The Morgan fingerprint density at radius 1 is 0.926 bits per heavy atom. The number of benzene rings is 2. The first-order chi connectivity index (χ1) is 13.0. The number of anilines is 2. The third-order valence-electron chi connectivity index (χ3n) is 5.02. The van der Waals surface area contributed by atoms with E-state index in [0.29, 0.717) is 6.54 Å². The van der Waals surface area contributed by atoms with E-state index in [-0.39, 0.29) is 11.7 Å². The molecule has 1 aliphatic rings. The number of nitrogens with zero attached hydrogens (tertiary/aromatic N) is 2. The standard InChI is InChI=1S/C22H27N3O2/c1-3-18-4-8-20(9-5-18)23-22(27)16-24-12-14-25(15-13-24)21-10-6-19(7-11-21)17(2)26/h4-11H,3,12-16H2,1-2H3,(H,23,27). The molecule has 0 aliphatic carbocycles. The van der Waals surface area contributed by atoms with Gasteiger partial charge in [-0.25, -0.2) is 0 Å². The third kappa shape index (κ3) is 5.17. The predicted molar refractivity (Wildman–Crippen MR) is 110 cm³/mol. The van der Waals surface area contributed by atoms with Gasteiger partial charge >= 0.3 is 0 Å². The molecule has 1 heterocycles. The minimum Gasteiger partial charge on any atom is -0.369 e. The average molecular weight is 365 g/mol. The van der Waals surface area contributed by atoms with Crippen LogP contribution in [0.25, 0.3) is 0 Å². The molecule has 5 nitrogen and oxygen atoms in total. The van der Waals surface area contributed by atoms with Gasteiger partial charge in [0.25, 0.3) is 0 Å². The van der Waals surface area contributed by atoms with Crippen LogP contribution in [0.2, 0.25) is 0 Å². The van der Waals surface area contributed by atoms with Crippen molar-refractivity contribution in [1.82, 2.24) is 4.90 Å². The van der Waals surface area contributed by atoms with Crippen LogP contribution in [-0.4, -0.2) is 49.3 Å². The second kappa shape index (κ2) is 8.82. The fourth-order valence-electron chi connectivity index (χ4n) is 3.30.